The first-order valence-electron chi connectivity index (χ1n) is 13.2. The van der Waals surface area contributed by atoms with Gasteiger partial charge < -0.3 is 19.1 Å². The van der Waals surface area contributed by atoms with Crippen LogP contribution in [0.4, 0.5) is 9.59 Å². The van der Waals surface area contributed by atoms with Gasteiger partial charge >= 0.3 is 18.2 Å². The third kappa shape index (κ3) is 6.51. The van der Waals surface area contributed by atoms with Crippen LogP contribution in [0.25, 0.3) is 0 Å². The summed E-state index contributed by atoms with van der Waals surface area (Å²) < 4.78 is 16.4. The Morgan fingerprint density at radius 1 is 0.917 bits per heavy atom. The number of piperidine rings is 2. The van der Waals surface area contributed by atoms with E-state index >= 15 is 0 Å². The van der Waals surface area contributed by atoms with Gasteiger partial charge in [0.05, 0.1) is 7.11 Å². The minimum atomic E-state index is -0.608. The minimum Gasteiger partial charge on any atom is -0.467 e. The number of carbonyl (C=O) groups is 3. The summed E-state index contributed by atoms with van der Waals surface area (Å²) in [6.45, 7) is 7.54. The second-order valence-corrected chi connectivity index (χ2v) is 11.5. The molecule has 0 spiro atoms. The molecule has 2 saturated heterocycles. The van der Waals surface area contributed by atoms with E-state index in [1.165, 1.54) is 7.11 Å². The Hall–Kier alpha value is -2.77. The zero-order chi connectivity index (χ0) is 25.9. The number of benzene rings is 1. The summed E-state index contributed by atoms with van der Waals surface area (Å²) in [5.41, 5.74) is 0.389. The normalized spacial score (nSPS) is 25.3. The number of rotatable bonds is 5. The number of likely N-dealkylation sites (tertiary alicyclic amines) is 2. The topological polar surface area (TPSA) is 85.4 Å². The SMILES string of the molecule is COC(=O)C1C(C2CC2)CC(C2CCN(C(=O)OC(C)(C)C)CC2)CN1C(=O)OCc1ccccc1. The van der Waals surface area contributed by atoms with Crippen molar-refractivity contribution in [1.82, 2.24) is 9.80 Å². The van der Waals surface area contributed by atoms with Gasteiger partial charge in [0.2, 0.25) is 0 Å². The predicted molar refractivity (Wildman–Crippen MR) is 134 cm³/mol. The van der Waals surface area contributed by atoms with Gasteiger partial charge in [0.1, 0.15) is 18.2 Å². The maximum atomic E-state index is 13.3. The van der Waals surface area contributed by atoms with E-state index < -0.39 is 17.7 Å². The molecule has 3 fully saturated rings. The van der Waals surface area contributed by atoms with Crippen molar-refractivity contribution >= 4 is 18.2 Å². The molecule has 2 amide bonds. The Morgan fingerprint density at radius 2 is 1.58 bits per heavy atom. The lowest BCUT2D eigenvalue weighted by Gasteiger charge is -2.46. The van der Waals surface area contributed by atoms with Crippen LogP contribution in [0, 0.1) is 23.7 Å². The second-order valence-electron chi connectivity index (χ2n) is 11.5. The third-order valence-corrected chi connectivity index (χ3v) is 7.72. The van der Waals surface area contributed by atoms with Crippen molar-refractivity contribution in [1.29, 1.82) is 0 Å². The van der Waals surface area contributed by atoms with Crippen molar-refractivity contribution < 1.29 is 28.6 Å². The smallest absolute Gasteiger partial charge is 0.410 e. The van der Waals surface area contributed by atoms with Crippen molar-refractivity contribution in [2.75, 3.05) is 26.7 Å². The molecule has 0 radical (unpaired) electrons. The van der Waals surface area contributed by atoms with Crippen LogP contribution < -0.4 is 0 Å². The monoisotopic (exact) mass is 500 g/mol. The van der Waals surface area contributed by atoms with Crippen molar-refractivity contribution in [3.63, 3.8) is 0 Å². The molecule has 1 aliphatic carbocycles. The van der Waals surface area contributed by atoms with E-state index in [4.69, 9.17) is 14.2 Å². The Bertz CT molecular complexity index is 918. The highest BCUT2D eigenvalue weighted by Gasteiger charge is 2.51. The summed E-state index contributed by atoms with van der Waals surface area (Å²) in [4.78, 5) is 42.1. The summed E-state index contributed by atoms with van der Waals surface area (Å²) in [7, 11) is 1.39. The molecule has 8 nitrogen and oxygen atoms in total. The van der Waals surface area contributed by atoms with E-state index in [-0.39, 0.29) is 30.5 Å². The van der Waals surface area contributed by atoms with Crippen LogP contribution in [-0.4, -0.2) is 66.3 Å². The molecule has 198 valence electrons. The molecule has 2 aliphatic heterocycles. The molecule has 1 saturated carbocycles. The fourth-order valence-corrected chi connectivity index (χ4v) is 5.76. The number of hydrogen-bond donors (Lipinski definition) is 0. The summed E-state index contributed by atoms with van der Waals surface area (Å²) >= 11 is 0. The van der Waals surface area contributed by atoms with E-state index in [9.17, 15) is 14.4 Å². The molecule has 3 unspecified atom stereocenters. The van der Waals surface area contributed by atoms with Gasteiger partial charge in [-0.25, -0.2) is 14.4 Å². The first-order chi connectivity index (χ1) is 17.2. The first-order valence-corrected chi connectivity index (χ1v) is 13.2. The first kappa shape index (κ1) is 26.3. The number of carbonyl (C=O) groups excluding carboxylic acids is 3. The molecule has 3 aliphatic rings. The number of methoxy groups -OCH3 is 1. The lowest BCUT2D eigenvalue weighted by molar-refractivity contribution is -0.152. The molecule has 3 atom stereocenters. The quantitative estimate of drug-likeness (QED) is 0.424. The molecular formula is C28H40N2O6. The van der Waals surface area contributed by atoms with Gasteiger partial charge in [0.25, 0.3) is 0 Å². The third-order valence-electron chi connectivity index (χ3n) is 7.72. The van der Waals surface area contributed by atoms with Gasteiger partial charge in [-0.15, -0.1) is 0 Å². The Labute approximate surface area is 214 Å². The number of esters is 1. The highest BCUT2D eigenvalue weighted by atomic mass is 16.6. The van der Waals surface area contributed by atoms with Gasteiger partial charge in [0, 0.05) is 19.6 Å². The fraction of sp³-hybridized carbons (Fsp3) is 0.679. The van der Waals surface area contributed by atoms with E-state index in [0.717, 1.165) is 37.7 Å². The van der Waals surface area contributed by atoms with Gasteiger partial charge in [-0.2, -0.15) is 0 Å². The van der Waals surface area contributed by atoms with Crippen LogP contribution in [0.5, 0.6) is 0 Å². The van der Waals surface area contributed by atoms with Crippen LogP contribution in [-0.2, 0) is 25.6 Å². The molecular weight excluding hydrogens is 460 g/mol. The fourth-order valence-electron chi connectivity index (χ4n) is 5.76. The Morgan fingerprint density at radius 3 is 2.17 bits per heavy atom. The molecule has 1 aromatic rings. The molecule has 2 heterocycles. The second kappa shape index (κ2) is 11.1. The van der Waals surface area contributed by atoms with Gasteiger partial charge in [-0.05, 0) is 82.1 Å². The molecule has 36 heavy (non-hydrogen) atoms. The Kier molecular flexibility index (Phi) is 8.10. The van der Waals surface area contributed by atoms with Crippen LogP contribution in [0.3, 0.4) is 0 Å². The maximum Gasteiger partial charge on any atom is 0.410 e. The highest BCUT2D eigenvalue weighted by Crippen LogP contribution is 2.48. The van der Waals surface area contributed by atoms with Crippen molar-refractivity contribution in [3.8, 4) is 0 Å². The van der Waals surface area contributed by atoms with Gasteiger partial charge in [0.15, 0.2) is 0 Å². The minimum absolute atomic E-state index is 0.0735. The molecule has 0 aromatic heterocycles. The number of nitrogens with zero attached hydrogens (tertiary/aromatic N) is 2. The van der Waals surface area contributed by atoms with E-state index in [1.54, 1.807) is 9.80 Å². The van der Waals surface area contributed by atoms with Crippen LogP contribution in [0.1, 0.15) is 58.4 Å². The molecule has 4 rings (SSSR count). The standard InChI is InChI=1S/C28H40N2O6/c1-28(2,3)36-26(32)29-14-12-20(13-15-29)22-16-23(21-10-11-21)24(25(31)34-4)30(17-22)27(33)35-18-19-8-6-5-7-9-19/h5-9,20-24H,10-18H2,1-4H3. The summed E-state index contributed by atoms with van der Waals surface area (Å²) in [6.07, 6.45) is 4.04. The molecule has 8 heteroatoms. The zero-order valence-electron chi connectivity index (χ0n) is 22.0. The highest BCUT2D eigenvalue weighted by molar-refractivity contribution is 5.82. The van der Waals surface area contributed by atoms with Crippen LogP contribution in [0.15, 0.2) is 30.3 Å². The van der Waals surface area contributed by atoms with Crippen molar-refractivity contribution in [3.05, 3.63) is 35.9 Å². The van der Waals surface area contributed by atoms with Crippen LogP contribution in [0.2, 0.25) is 0 Å². The van der Waals surface area contributed by atoms with Crippen LogP contribution >= 0.6 is 0 Å². The van der Waals surface area contributed by atoms with Crippen molar-refractivity contribution in [2.24, 2.45) is 23.7 Å². The molecule has 0 bridgehead atoms. The zero-order valence-corrected chi connectivity index (χ0v) is 22.0. The summed E-state index contributed by atoms with van der Waals surface area (Å²) in [6, 6.07) is 8.95. The largest absolute Gasteiger partial charge is 0.467 e. The van der Waals surface area contributed by atoms with Crippen molar-refractivity contribution in [2.45, 2.75) is 71.1 Å². The molecule has 0 N–H and O–H groups in total. The lowest BCUT2D eigenvalue weighted by atomic mass is 9.72. The number of amides is 2. The van der Waals surface area contributed by atoms with Gasteiger partial charge in [-0.3, -0.25) is 4.90 Å². The van der Waals surface area contributed by atoms with Gasteiger partial charge in [-0.1, -0.05) is 30.3 Å². The summed E-state index contributed by atoms with van der Waals surface area (Å²) in [5.74, 6) is 0.767. The number of hydrogen-bond acceptors (Lipinski definition) is 6. The number of ether oxygens (including phenoxy) is 3. The summed E-state index contributed by atoms with van der Waals surface area (Å²) in [5, 5.41) is 0. The average Bonchev–Trinajstić information content (AvgIpc) is 3.71. The predicted octanol–water partition coefficient (Wildman–Crippen LogP) is 4.86. The van der Waals surface area contributed by atoms with E-state index in [2.05, 4.69) is 0 Å². The maximum absolute atomic E-state index is 13.3. The molecule has 1 aromatic carbocycles. The van der Waals surface area contributed by atoms with E-state index in [0.29, 0.717) is 31.5 Å². The average molecular weight is 501 g/mol. The lowest BCUT2D eigenvalue weighted by Crippen LogP contribution is -2.57. The Balaban J connectivity index is 1.44. The van der Waals surface area contributed by atoms with E-state index in [1.807, 2.05) is 51.1 Å².